The fourth-order valence-electron chi connectivity index (χ4n) is 2.57. The summed E-state index contributed by atoms with van der Waals surface area (Å²) in [4.78, 5) is 16.2. The van der Waals surface area contributed by atoms with Crippen LogP contribution in [0.2, 0.25) is 0 Å². The van der Waals surface area contributed by atoms with Crippen molar-refractivity contribution in [3.63, 3.8) is 0 Å². The molecule has 0 amide bonds. The van der Waals surface area contributed by atoms with Crippen molar-refractivity contribution < 1.29 is 14.3 Å². The molecular formula is C16H17NO3. The van der Waals surface area contributed by atoms with E-state index in [1.165, 1.54) is 39.0 Å². The predicted octanol–water partition coefficient (Wildman–Crippen LogP) is 3.30. The van der Waals surface area contributed by atoms with Crippen LogP contribution in [0, 0.1) is 0 Å². The third kappa shape index (κ3) is 2.11. The van der Waals surface area contributed by atoms with Crippen molar-refractivity contribution in [3.8, 4) is 5.88 Å². The van der Waals surface area contributed by atoms with E-state index in [4.69, 9.17) is 9.47 Å². The third-order valence-corrected chi connectivity index (χ3v) is 3.98. The van der Waals surface area contributed by atoms with Crippen LogP contribution in [-0.4, -0.2) is 25.2 Å². The van der Waals surface area contributed by atoms with Gasteiger partial charge in [0.15, 0.2) is 0 Å². The molecule has 0 unspecified atom stereocenters. The summed E-state index contributed by atoms with van der Waals surface area (Å²) in [6.45, 7) is 0. The zero-order valence-electron chi connectivity index (χ0n) is 11.7. The van der Waals surface area contributed by atoms with Gasteiger partial charge in [-0.05, 0) is 36.5 Å². The average molecular weight is 271 g/mol. The highest BCUT2D eigenvalue weighted by molar-refractivity contribution is 5.96. The largest absolute Gasteiger partial charge is 0.480 e. The Balaban J connectivity index is 2.09. The van der Waals surface area contributed by atoms with Crippen molar-refractivity contribution in [3.05, 3.63) is 35.4 Å². The Morgan fingerprint density at radius 2 is 2.05 bits per heavy atom. The van der Waals surface area contributed by atoms with E-state index < -0.39 is 5.97 Å². The molecular weight excluding hydrogens is 254 g/mol. The van der Waals surface area contributed by atoms with E-state index in [0.717, 1.165) is 10.9 Å². The van der Waals surface area contributed by atoms with Crippen LogP contribution >= 0.6 is 0 Å². The number of hydrogen-bond acceptors (Lipinski definition) is 4. The minimum Gasteiger partial charge on any atom is -0.480 e. The number of benzene rings is 1. The molecule has 0 bridgehead atoms. The van der Waals surface area contributed by atoms with Crippen LogP contribution in [0.5, 0.6) is 5.88 Å². The Morgan fingerprint density at radius 3 is 2.65 bits per heavy atom. The number of hydrogen-bond donors (Lipinski definition) is 0. The van der Waals surface area contributed by atoms with Gasteiger partial charge in [-0.15, -0.1) is 0 Å². The molecule has 1 aliphatic rings. The van der Waals surface area contributed by atoms with Gasteiger partial charge in [-0.1, -0.05) is 18.6 Å². The van der Waals surface area contributed by atoms with Crippen LogP contribution in [0.1, 0.15) is 41.1 Å². The molecule has 0 aliphatic heterocycles. The molecule has 104 valence electrons. The monoisotopic (exact) mass is 271 g/mol. The van der Waals surface area contributed by atoms with Crippen LogP contribution in [-0.2, 0) is 4.74 Å². The van der Waals surface area contributed by atoms with E-state index >= 15 is 0 Å². The highest BCUT2D eigenvalue weighted by Gasteiger charge is 2.21. The Hall–Kier alpha value is -2.10. The first-order valence-electron chi connectivity index (χ1n) is 6.80. The molecule has 0 saturated heterocycles. The minimum atomic E-state index is -0.431. The number of ether oxygens (including phenoxy) is 2. The maximum atomic E-state index is 11.7. The van der Waals surface area contributed by atoms with Crippen molar-refractivity contribution >= 4 is 16.9 Å². The molecule has 3 rings (SSSR count). The second kappa shape index (κ2) is 5.12. The number of rotatable bonds is 3. The maximum Gasteiger partial charge on any atom is 0.343 e. The second-order valence-corrected chi connectivity index (χ2v) is 5.12. The molecule has 1 heterocycles. The second-order valence-electron chi connectivity index (χ2n) is 5.12. The van der Waals surface area contributed by atoms with Gasteiger partial charge in [-0.2, -0.15) is 0 Å². The van der Waals surface area contributed by atoms with Crippen LogP contribution in [0.3, 0.4) is 0 Å². The SMILES string of the molecule is COC(=O)c1cc2ccc(C3CCC3)cc2nc1OC. The van der Waals surface area contributed by atoms with Crippen molar-refractivity contribution in [2.24, 2.45) is 0 Å². The number of nitrogens with zero attached hydrogens (tertiary/aromatic N) is 1. The van der Waals surface area contributed by atoms with Gasteiger partial charge < -0.3 is 9.47 Å². The zero-order valence-corrected chi connectivity index (χ0v) is 11.7. The summed E-state index contributed by atoms with van der Waals surface area (Å²) in [5.74, 6) is 0.543. The van der Waals surface area contributed by atoms with Crippen molar-refractivity contribution in [1.82, 2.24) is 4.98 Å². The van der Waals surface area contributed by atoms with Gasteiger partial charge in [0, 0.05) is 5.39 Å². The summed E-state index contributed by atoms with van der Waals surface area (Å²) in [6.07, 6.45) is 3.81. The lowest BCUT2D eigenvalue weighted by molar-refractivity contribution is 0.0596. The number of fused-ring (bicyclic) bond motifs is 1. The smallest absolute Gasteiger partial charge is 0.343 e. The van der Waals surface area contributed by atoms with E-state index in [1.807, 2.05) is 6.07 Å². The topological polar surface area (TPSA) is 48.4 Å². The number of esters is 1. The van der Waals surface area contributed by atoms with E-state index in [-0.39, 0.29) is 0 Å². The highest BCUT2D eigenvalue weighted by atomic mass is 16.5. The predicted molar refractivity (Wildman–Crippen MR) is 76.2 cm³/mol. The standard InChI is InChI=1S/C16H17NO3/c1-19-15-13(16(18)20-2)8-12-7-6-11(9-14(12)17-15)10-4-3-5-10/h6-10H,3-5H2,1-2H3. The molecule has 1 aliphatic carbocycles. The summed E-state index contributed by atoms with van der Waals surface area (Å²) in [5.41, 5.74) is 2.54. The molecule has 0 spiro atoms. The van der Waals surface area contributed by atoms with Crippen LogP contribution in [0.25, 0.3) is 10.9 Å². The number of pyridine rings is 1. The quantitative estimate of drug-likeness (QED) is 0.804. The van der Waals surface area contributed by atoms with E-state index in [2.05, 4.69) is 17.1 Å². The van der Waals surface area contributed by atoms with Gasteiger partial charge in [0.2, 0.25) is 5.88 Å². The van der Waals surface area contributed by atoms with E-state index in [9.17, 15) is 4.79 Å². The molecule has 2 aromatic rings. The molecule has 1 aromatic heterocycles. The van der Waals surface area contributed by atoms with Crippen LogP contribution < -0.4 is 4.74 Å². The number of carbonyl (C=O) groups excluding carboxylic acids is 1. The normalized spacial score (nSPS) is 14.9. The van der Waals surface area contributed by atoms with Gasteiger partial charge in [0.25, 0.3) is 0 Å². The summed E-state index contributed by atoms with van der Waals surface area (Å²) in [5, 5.41) is 0.925. The Labute approximate surface area is 117 Å². The molecule has 4 nitrogen and oxygen atoms in total. The third-order valence-electron chi connectivity index (χ3n) is 3.98. The lowest BCUT2D eigenvalue weighted by Gasteiger charge is -2.25. The number of methoxy groups -OCH3 is 2. The fraction of sp³-hybridized carbons (Fsp3) is 0.375. The zero-order chi connectivity index (χ0) is 14.1. The molecule has 20 heavy (non-hydrogen) atoms. The van der Waals surface area contributed by atoms with Gasteiger partial charge in [0.1, 0.15) is 5.56 Å². The van der Waals surface area contributed by atoms with Crippen molar-refractivity contribution in [2.45, 2.75) is 25.2 Å². The van der Waals surface area contributed by atoms with E-state index in [0.29, 0.717) is 17.4 Å². The lowest BCUT2D eigenvalue weighted by atomic mass is 9.80. The first-order valence-corrected chi connectivity index (χ1v) is 6.80. The summed E-state index contributed by atoms with van der Waals surface area (Å²) < 4.78 is 9.96. The minimum absolute atomic E-state index is 0.315. The highest BCUT2D eigenvalue weighted by Crippen LogP contribution is 2.37. The van der Waals surface area contributed by atoms with Gasteiger partial charge in [0.05, 0.1) is 19.7 Å². The van der Waals surface area contributed by atoms with Gasteiger partial charge in [-0.25, -0.2) is 9.78 Å². The summed E-state index contributed by atoms with van der Waals surface area (Å²) in [6, 6.07) is 8.02. The van der Waals surface area contributed by atoms with Crippen LogP contribution in [0.4, 0.5) is 0 Å². The number of carbonyl (C=O) groups is 1. The van der Waals surface area contributed by atoms with Crippen molar-refractivity contribution in [2.75, 3.05) is 14.2 Å². The Morgan fingerprint density at radius 1 is 1.25 bits per heavy atom. The fourth-order valence-corrected chi connectivity index (χ4v) is 2.57. The molecule has 0 atom stereocenters. The molecule has 0 N–H and O–H groups in total. The first kappa shape index (κ1) is 12.9. The van der Waals surface area contributed by atoms with Gasteiger partial charge in [-0.3, -0.25) is 0 Å². The molecule has 1 fully saturated rings. The van der Waals surface area contributed by atoms with E-state index in [1.54, 1.807) is 6.07 Å². The maximum absolute atomic E-state index is 11.7. The average Bonchev–Trinajstić information content (AvgIpc) is 2.43. The van der Waals surface area contributed by atoms with Crippen LogP contribution in [0.15, 0.2) is 24.3 Å². The van der Waals surface area contributed by atoms with Gasteiger partial charge >= 0.3 is 5.97 Å². The first-order chi connectivity index (χ1) is 9.72. The molecule has 1 saturated carbocycles. The Bertz CT molecular complexity index is 662. The summed E-state index contributed by atoms with van der Waals surface area (Å²) in [7, 11) is 2.86. The Kier molecular flexibility index (Phi) is 3.30. The number of aromatic nitrogens is 1. The van der Waals surface area contributed by atoms with Crippen molar-refractivity contribution in [1.29, 1.82) is 0 Å². The summed E-state index contributed by atoms with van der Waals surface area (Å²) >= 11 is 0. The molecule has 1 aromatic carbocycles. The lowest BCUT2D eigenvalue weighted by Crippen LogP contribution is -2.09. The molecule has 4 heteroatoms. The molecule has 0 radical (unpaired) electrons.